The molecule has 0 atom stereocenters. The van der Waals surface area contributed by atoms with Crippen molar-refractivity contribution in [2.45, 2.75) is 39.0 Å². The quantitative estimate of drug-likeness (QED) is 0.142. The Balaban J connectivity index is 0.00000220. The van der Waals surface area contributed by atoms with E-state index in [-0.39, 0.29) is 54.0 Å². The van der Waals surface area contributed by atoms with E-state index in [4.69, 9.17) is 14.2 Å². The molecule has 1 saturated carbocycles. The Morgan fingerprint density at radius 1 is 1.18 bits per heavy atom. The van der Waals surface area contributed by atoms with Crippen LogP contribution in [-0.4, -0.2) is 36.3 Å². The van der Waals surface area contributed by atoms with E-state index in [1.807, 2.05) is 6.92 Å². The van der Waals surface area contributed by atoms with Crippen molar-refractivity contribution in [2.75, 3.05) is 10.6 Å². The molecule has 13 nitrogen and oxygen atoms in total. The molecule has 2 aromatic heterocycles. The molecule has 0 radical (unpaired) electrons. The van der Waals surface area contributed by atoms with Gasteiger partial charge >= 0.3 is 43.1 Å². The van der Waals surface area contributed by atoms with Crippen molar-refractivity contribution in [3.63, 3.8) is 0 Å². The van der Waals surface area contributed by atoms with Gasteiger partial charge in [-0.1, -0.05) is 0 Å². The molecule has 0 saturated heterocycles. The molecule has 1 fully saturated rings. The third kappa shape index (κ3) is 7.14. The van der Waals surface area contributed by atoms with Crippen molar-refractivity contribution in [1.29, 1.82) is 0 Å². The number of oxazole rings is 1. The predicted octanol–water partition coefficient (Wildman–Crippen LogP) is 0.646. The maximum absolute atomic E-state index is 12.3. The first-order valence-electron chi connectivity index (χ1n) is 11.8. The zero-order chi connectivity index (χ0) is 26.9. The number of hydrogen-bond donors (Lipinski definition) is 5. The normalized spacial score (nSPS) is 13.4. The van der Waals surface area contributed by atoms with Gasteiger partial charge in [0.1, 0.15) is 12.5 Å². The van der Waals surface area contributed by atoms with Gasteiger partial charge < -0.3 is 31.6 Å². The van der Waals surface area contributed by atoms with Crippen LogP contribution in [0.4, 0.5) is 23.1 Å². The third-order valence-corrected chi connectivity index (χ3v) is 6.55. The first-order chi connectivity index (χ1) is 18.1. The van der Waals surface area contributed by atoms with Crippen LogP contribution in [0.15, 0.2) is 57.9 Å². The predicted molar refractivity (Wildman–Crippen MR) is 140 cm³/mol. The molecule has 5 N–H and O–H groups in total. The number of fused-ring (bicyclic) bond motifs is 1. The second-order valence-corrected chi connectivity index (χ2v) is 10.1. The van der Waals surface area contributed by atoms with Crippen LogP contribution in [0.1, 0.15) is 36.6 Å². The van der Waals surface area contributed by atoms with Crippen LogP contribution in [0, 0.1) is 6.92 Å². The number of rotatable bonds is 9. The average molecular weight is 564 g/mol. The first-order valence-corrected chi connectivity index (χ1v) is 13.3. The molecule has 0 bridgehead atoms. The minimum atomic E-state index is -4.79. The third-order valence-electron chi connectivity index (χ3n) is 6.10. The van der Waals surface area contributed by atoms with Gasteiger partial charge in [-0.15, -0.1) is 0 Å². The Hall–Kier alpha value is -3.03. The van der Waals surface area contributed by atoms with Crippen LogP contribution < -0.4 is 51.3 Å². The van der Waals surface area contributed by atoms with E-state index in [0.29, 0.717) is 28.7 Å². The number of aromatic nitrogens is 3. The van der Waals surface area contributed by atoms with Crippen LogP contribution in [-0.2, 0) is 15.8 Å². The van der Waals surface area contributed by atoms with Gasteiger partial charge in [0.15, 0.2) is 5.58 Å². The molecule has 200 valence electrons. The molecule has 4 aromatic rings. The molecule has 15 heteroatoms. The minimum absolute atomic E-state index is 0. The smallest absolute Gasteiger partial charge is 1.00 e. The fraction of sp³-hybridized carbons (Fsp3) is 0.250. The Kier molecular flexibility index (Phi) is 8.92. The molecule has 2 heterocycles. The summed E-state index contributed by atoms with van der Waals surface area (Å²) in [4.78, 5) is 51.2. The standard InChI is InChI=1S/C24H25N6O7P.Na.H/c1-14-12-25-23(28-17-7-5-15(6-8-17)22(31)27-16-3-2-4-16)29-21(14)26-18-9-10-20-19(11-18)30(24(32)37-20)13-36-38(33,34)35;;/h5-12,16H,2-4,13H2,1H3,(H,27,31)(H2,33,34,35)(H2,25,26,28,29);;/q;+1;-1. The van der Waals surface area contributed by atoms with Gasteiger partial charge in [-0.25, -0.2) is 18.9 Å². The summed E-state index contributed by atoms with van der Waals surface area (Å²) in [6.07, 6.45) is 4.83. The summed E-state index contributed by atoms with van der Waals surface area (Å²) < 4.78 is 21.6. The maximum atomic E-state index is 12.3. The van der Waals surface area contributed by atoms with E-state index in [2.05, 4.69) is 30.4 Å². The Morgan fingerprint density at radius 2 is 1.90 bits per heavy atom. The molecule has 1 aliphatic rings. The number of aryl methyl sites for hydroxylation is 1. The monoisotopic (exact) mass is 564 g/mol. The zero-order valence-electron chi connectivity index (χ0n) is 22.2. The fourth-order valence-corrected chi connectivity index (χ4v) is 4.08. The minimum Gasteiger partial charge on any atom is -1.00 e. The summed E-state index contributed by atoms with van der Waals surface area (Å²) in [6.45, 7) is 1.14. The van der Waals surface area contributed by atoms with Crippen LogP contribution >= 0.6 is 7.82 Å². The molecule has 0 aliphatic heterocycles. The van der Waals surface area contributed by atoms with E-state index in [9.17, 15) is 14.2 Å². The topological polar surface area (TPSA) is 181 Å². The van der Waals surface area contributed by atoms with Crippen molar-refractivity contribution in [3.05, 3.63) is 70.3 Å². The van der Waals surface area contributed by atoms with Crippen molar-refractivity contribution in [1.82, 2.24) is 19.9 Å². The molecular weight excluding hydrogens is 538 g/mol. The van der Waals surface area contributed by atoms with Crippen molar-refractivity contribution in [3.8, 4) is 0 Å². The number of nitrogens with one attached hydrogen (secondary N) is 3. The van der Waals surface area contributed by atoms with Gasteiger partial charge in [0.05, 0.1) is 5.52 Å². The van der Waals surface area contributed by atoms with Gasteiger partial charge in [-0.3, -0.25) is 9.32 Å². The number of phosphoric ester groups is 1. The van der Waals surface area contributed by atoms with Crippen LogP contribution in [0.5, 0.6) is 0 Å². The SMILES string of the molecule is Cc1cnc(Nc2ccc(C(=O)NC3CCC3)cc2)nc1Nc1ccc2oc(=O)n(COP(=O)(O)O)c2c1.[H-].[Na+]. The second kappa shape index (κ2) is 12.0. The molecule has 1 amide bonds. The molecule has 0 spiro atoms. The summed E-state index contributed by atoms with van der Waals surface area (Å²) in [5, 5.41) is 9.28. The fourth-order valence-electron chi connectivity index (χ4n) is 3.82. The van der Waals surface area contributed by atoms with E-state index in [1.54, 1.807) is 48.7 Å². The van der Waals surface area contributed by atoms with E-state index in [0.717, 1.165) is 29.4 Å². The summed E-state index contributed by atoms with van der Waals surface area (Å²) in [7, 11) is -4.79. The second-order valence-electron chi connectivity index (χ2n) is 8.88. The van der Waals surface area contributed by atoms with Crippen LogP contribution in [0.25, 0.3) is 11.1 Å². The molecule has 39 heavy (non-hydrogen) atoms. The number of benzene rings is 2. The van der Waals surface area contributed by atoms with Crippen LogP contribution in [0.3, 0.4) is 0 Å². The molecule has 2 aromatic carbocycles. The number of carbonyl (C=O) groups is 1. The number of anilines is 4. The number of nitrogens with zero attached hydrogens (tertiary/aromatic N) is 3. The Labute approximate surface area is 246 Å². The summed E-state index contributed by atoms with van der Waals surface area (Å²) in [6, 6.07) is 12.1. The van der Waals surface area contributed by atoms with Crippen molar-refractivity contribution >= 4 is 48.0 Å². The molecule has 1 aliphatic carbocycles. The average Bonchev–Trinajstić information content (AvgIpc) is 3.16. The van der Waals surface area contributed by atoms with E-state index < -0.39 is 20.3 Å². The van der Waals surface area contributed by atoms with Gasteiger partial charge in [0.25, 0.3) is 5.91 Å². The summed E-state index contributed by atoms with van der Waals surface area (Å²) in [5.41, 5.74) is 3.06. The van der Waals surface area contributed by atoms with Gasteiger partial charge in [-0.2, -0.15) is 4.98 Å². The number of phosphoric acid groups is 1. The van der Waals surface area contributed by atoms with Gasteiger partial charge in [0, 0.05) is 34.7 Å². The largest absolute Gasteiger partial charge is 1.00 e. The molecule has 5 rings (SSSR count). The molecular formula is C24H26N6NaO7P. The van der Waals surface area contributed by atoms with Crippen LogP contribution in [0.2, 0.25) is 0 Å². The van der Waals surface area contributed by atoms with Gasteiger partial charge in [-0.05, 0) is 68.7 Å². The Bertz CT molecular complexity index is 1600. The summed E-state index contributed by atoms with van der Waals surface area (Å²) in [5.74, 6) is -0.0993. The van der Waals surface area contributed by atoms with E-state index >= 15 is 0 Å². The number of hydrogen-bond acceptors (Lipinski definition) is 9. The number of carbonyl (C=O) groups excluding carboxylic acids is 1. The maximum Gasteiger partial charge on any atom is 1.00 e. The van der Waals surface area contributed by atoms with E-state index in [1.165, 1.54) is 0 Å². The number of amides is 1. The Morgan fingerprint density at radius 3 is 2.56 bits per heavy atom. The summed E-state index contributed by atoms with van der Waals surface area (Å²) >= 11 is 0. The molecule has 0 unspecified atom stereocenters. The zero-order valence-corrected chi connectivity index (χ0v) is 24.1. The first kappa shape index (κ1) is 29.0. The van der Waals surface area contributed by atoms with Crippen molar-refractivity contribution in [2.24, 2.45) is 0 Å². The van der Waals surface area contributed by atoms with Gasteiger partial charge in [0.2, 0.25) is 5.95 Å². The van der Waals surface area contributed by atoms with Crippen molar-refractivity contribution < 1.29 is 59.1 Å².